The fraction of sp³-hybridized carbons (Fsp3) is 0.667. The number of nitrogens with two attached hydrogens (primary N) is 1. The summed E-state index contributed by atoms with van der Waals surface area (Å²) in [6.45, 7) is 7.74. The van der Waals surface area contributed by atoms with Gasteiger partial charge in [0.05, 0.1) is 6.04 Å². The van der Waals surface area contributed by atoms with Crippen molar-refractivity contribution in [3.8, 4) is 0 Å². The lowest BCUT2D eigenvalue weighted by molar-refractivity contribution is -0.139. The van der Waals surface area contributed by atoms with Crippen molar-refractivity contribution in [2.75, 3.05) is 6.54 Å². The van der Waals surface area contributed by atoms with E-state index in [0.29, 0.717) is 19.4 Å². The summed E-state index contributed by atoms with van der Waals surface area (Å²) >= 11 is 0. The lowest BCUT2D eigenvalue weighted by Crippen LogP contribution is -2.47. The van der Waals surface area contributed by atoms with Crippen LogP contribution in [0.2, 0.25) is 0 Å². The molecule has 5 nitrogen and oxygen atoms in total. The third kappa shape index (κ3) is 6.06. The lowest BCUT2D eigenvalue weighted by Gasteiger charge is -2.29. The molecule has 5 heteroatoms. The molecule has 0 bridgehead atoms. The van der Waals surface area contributed by atoms with E-state index in [4.69, 9.17) is 10.8 Å². The van der Waals surface area contributed by atoms with Gasteiger partial charge in [-0.3, -0.25) is 9.59 Å². The van der Waals surface area contributed by atoms with Gasteiger partial charge in [0.2, 0.25) is 5.91 Å². The zero-order chi connectivity index (χ0) is 13.4. The molecule has 0 aliphatic rings. The molecule has 0 saturated heterocycles. The quantitative estimate of drug-likeness (QED) is 0.622. The Balaban J connectivity index is 4.35. The highest BCUT2D eigenvalue weighted by Gasteiger charge is 2.22. The molecule has 0 aliphatic carbocycles. The third-order valence-corrected chi connectivity index (χ3v) is 2.43. The maximum absolute atomic E-state index is 12.0. The molecule has 0 aliphatic heterocycles. The van der Waals surface area contributed by atoms with E-state index >= 15 is 0 Å². The highest BCUT2D eigenvalue weighted by atomic mass is 16.4. The van der Waals surface area contributed by atoms with E-state index in [1.165, 1.54) is 0 Å². The van der Waals surface area contributed by atoms with Crippen LogP contribution in [0.1, 0.15) is 33.1 Å². The second kappa shape index (κ2) is 7.84. The molecule has 0 heterocycles. The molecule has 0 radical (unpaired) electrons. The number of aliphatic carboxylic acids is 1. The van der Waals surface area contributed by atoms with Crippen molar-refractivity contribution in [3.05, 3.63) is 12.7 Å². The van der Waals surface area contributed by atoms with E-state index in [-0.39, 0.29) is 18.4 Å². The number of hydrogen-bond acceptors (Lipinski definition) is 3. The highest BCUT2D eigenvalue weighted by molar-refractivity contribution is 5.82. The van der Waals surface area contributed by atoms with Gasteiger partial charge in [-0.25, -0.2) is 0 Å². The number of rotatable bonds is 8. The first-order valence-corrected chi connectivity index (χ1v) is 5.78. The van der Waals surface area contributed by atoms with Crippen LogP contribution in [0.25, 0.3) is 0 Å². The molecule has 0 spiro atoms. The normalized spacial score (nSPS) is 12.2. The Bertz CT molecular complexity index is 277. The van der Waals surface area contributed by atoms with Crippen molar-refractivity contribution >= 4 is 11.9 Å². The van der Waals surface area contributed by atoms with Gasteiger partial charge in [0.15, 0.2) is 0 Å². The molecule has 0 aromatic heterocycles. The van der Waals surface area contributed by atoms with Gasteiger partial charge in [-0.2, -0.15) is 0 Å². The first-order valence-electron chi connectivity index (χ1n) is 5.78. The Morgan fingerprint density at radius 2 is 2.06 bits per heavy atom. The minimum absolute atomic E-state index is 0.0205. The number of carboxylic acid groups (broad SMARTS) is 1. The van der Waals surface area contributed by atoms with Crippen molar-refractivity contribution in [3.63, 3.8) is 0 Å². The maximum Gasteiger partial charge on any atom is 0.303 e. The van der Waals surface area contributed by atoms with E-state index in [1.54, 1.807) is 11.0 Å². The van der Waals surface area contributed by atoms with Crippen LogP contribution >= 0.6 is 0 Å². The largest absolute Gasteiger partial charge is 0.481 e. The van der Waals surface area contributed by atoms with Crippen LogP contribution in [-0.2, 0) is 9.59 Å². The number of nitrogens with zero attached hydrogens (tertiary/aromatic N) is 1. The predicted molar refractivity (Wildman–Crippen MR) is 66.5 cm³/mol. The van der Waals surface area contributed by atoms with Gasteiger partial charge in [0.1, 0.15) is 0 Å². The van der Waals surface area contributed by atoms with Gasteiger partial charge in [-0.1, -0.05) is 6.08 Å². The fourth-order valence-corrected chi connectivity index (χ4v) is 1.52. The summed E-state index contributed by atoms with van der Waals surface area (Å²) in [5.74, 6) is -0.998. The molecule has 1 amide bonds. The fourth-order valence-electron chi connectivity index (χ4n) is 1.52. The first-order chi connectivity index (χ1) is 7.90. The molecule has 0 aromatic carbocycles. The third-order valence-electron chi connectivity index (χ3n) is 2.43. The minimum atomic E-state index is -0.850. The van der Waals surface area contributed by atoms with Crippen LogP contribution in [0.3, 0.4) is 0 Å². The topological polar surface area (TPSA) is 83.6 Å². The zero-order valence-corrected chi connectivity index (χ0v) is 10.6. The summed E-state index contributed by atoms with van der Waals surface area (Å²) in [5, 5.41) is 8.56. The minimum Gasteiger partial charge on any atom is -0.481 e. The predicted octanol–water partition coefficient (Wildman–Crippen LogP) is 0.992. The van der Waals surface area contributed by atoms with Gasteiger partial charge in [-0.15, -0.1) is 6.58 Å². The maximum atomic E-state index is 12.0. The van der Waals surface area contributed by atoms with E-state index in [0.717, 1.165) is 0 Å². The van der Waals surface area contributed by atoms with Gasteiger partial charge in [0.25, 0.3) is 0 Å². The average molecular weight is 242 g/mol. The molecule has 0 rings (SSSR count). The number of amides is 1. The van der Waals surface area contributed by atoms with Crippen molar-refractivity contribution in [2.45, 2.75) is 45.2 Å². The molecule has 0 fully saturated rings. The molecule has 0 aromatic rings. The van der Waals surface area contributed by atoms with Crippen molar-refractivity contribution in [1.82, 2.24) is 4.90 Å². The van der Waals surface area contributed by atoms with Gasteiger partial charge >= 0.3 is 5.97 Å². The standard InChI is InChI=1S/C12H22N2O3/c1-4-6-10(13)12(17)14(9(2)3)8-5-7-11(15)16/h4,9-10H,1,5-8,13H2,2-3H3,(H,15,16). The van der Waals surface area contributed by atoms with Crippen molar-refractivity contribution in [2.24, 2.45) is 5.73 Å². The van der Waals surface area contributed by atoms with Crippen molar-refractivity contribution in [1.29, 1.82) is 0 Å². The smallest absolute Gasteiger partial charge is 0.303 e. The molecule has 1 atom stereocenters. The Labute approximate surface area is 102 Å². The van der Waals surface area contributed by atoms with E-state index in [9.17, 15) is 9.59 Å². The molecule has 98 valence electrons. The van der Waals surface area contributed by atoms with Gasteiger partial charge < -0.3 is 15.7 Å². The van der Waals surface area contributed by atoms with E-state index in [1.807, 2.05) is 13.8 Å². The van der Waals surface area contributed by atoms with Crippen LogP contribution < -0.4 is 5.73 Å². The summed E-state index contributed by atoms with van der Waals surface area (Å²) < 4.78 is 0. The van der Waals surface area contributed by atoms with Crippen LogP contribution in [0, 0.1) is 0 Å². The Kier molecular flexibility index (Phi) is 7.21. The monoisotopic (exact) mass is 242 g/mol. The second-order valence-electron chi connectivity index (χ2n) is 4.25. The van der Waals surface area contributed by atoms with Crippen LogP contribution in [-0.4, -0.2) is 40.5 Å². The first kappa shape index (κ1) is 15.6. The number of carbonyl (C=O) groups is 2. The van der Waals surface area contributed by atoms with E-state index in [2.05, 4.69) is 6.58 Å². The lowest BCUT2D eigenvalue weighted by atomic mass is 10.1. The summed E-state index contributed by atoms with van der Waals surface area (Å²) in [4.78, 5) is 24.0. The summed E-state index contributed by atoms with van der Waals surface area (Å²) in [5.41, 5.74) is 5.72. The molecule has 17 heavy (non-hydrogen) atoms. The zero-order valence-electron chi connectivity index (χ0n) is 10.6. The number of hydrogen-bond donors (Lipinski definition) is 2. The Morgan fingerprint density at radius 3 is 2.47 bits per heavy atom. The molecular weight excluding hydrogens is 220 g/mol. The summed E-state index contributed by atoms with van der Waals surface area (Å²) in [6.07, 6.45) is 2.55. The molecule has 0 saturated carbocycles. The number of carbonyl (C=O) groups excluding carboxylic acids is 1. The molecular formula is C12H22N2O3. The molecule has 3 N–H and O–H groups in total. The van der Waals surface area contributed by atoms with Crippen LogP contribution in [0.15, 0.2) is 12.7 Å². The van der Waals surface area contributed by atoms with Crippen molar-refractivity contribution < 1.29 is 14.7 Å². The Morgan fingerprint density at radius 1 is 1.47 bits per heavy atom. The SMILES string of the molecule is C=CCC(N)C(=O)N(CCCC(=O)O)C(C)C. The van der Waals surface area contributed by atoms with Crippen LogP contribution in [0.4, 0.5) is 0 Å². The number of carboxylic acids is 1. The van der Waals surface area contributed by atoms with E-state index < -0.39 is 12.0 Å². The van der Waals surface area contributed by atoms with Gasteiger partial charge in [-0.05, 0) is 26.7 Å². The summed E-state index contributed by atoms with van der Waals surface area (Å²) in [7, 11) is 0. The Hall–Kier alpha value is -1.36. The van der Waals surface area contributed by atoms with Crippen LogP contribution in [0.5, 0.6) is 0 Å². The highest BCUT2D eigenvalue weighted by Crippen LogP contribution is 2.06. The van der Waals surface area contributed by atoms with Gasteiger partial charge in [0, 0.05) is 19.0 Å². The summed E-state index contributed by atoms with van der Waals surface area (Å²) in [6, 6.07) is -0.563. The average Bonchev–Trinajstić information content (AvgIpc) is 2.23. The molecule has 1 unspecified atom stereocenters. The second-order valence-corrected chi connectivity index (χ2v) is 4.25.